The summed E-state index contributed by atoms with van der Waals surface area (Å²) in [7, 11) is 2.07. The van der Waals surface area contributed by atoms with E-state index in [0.29, 0.717) is 0 Å². The van der Waals surface area contributed by atoms with Gasteiger partial charge in [-0.15, -0.1) is 0 Å². The Morgan fingerprint density at radius 1 is 1.35 bits per heavy atom. The number of aliphatic hydroxyl groups excluding tert-OH is 1. The molecular weight excluding hydrogens is 268 g/mol. The van der Waals surface area contributed by atoms with Crippen LogP contribution in [0.4, 0.5) is 5.13 Å². The van der Waals surface area contributed by atoms with Crippen LogP contribution in [0.1, 0.15) is 40.6 Å². The second-order valence-electron chi connectivity index (χ2n) is 5.56. The Morgan fingerprint density at radius 3 is 2.80 bits per heavy atom. The number of hydrogen-bond acceptors (Lipinski definition) is 4. The van der Waals surface area contributed by atoms with E-state index in [2.05, 4.69) is 43.1 Å². The molecule has 0 saturated heterocycles. The van der Waals surface area contributed by atoms with E-state index in [9.17, 15) is 5.11 Å². The lowest BCUT2D eigenvalue weighted by molar-refractivity contribution is 0.160. The van der Waals surface area contributed by atoms with Gasteiger partial charge in [-0.1, -0.05) is 41.2 Å². The molecule has 1 heterocycles. The van der Waals surface area contributed by atoms with Crippen LogP contribution in [0.2, 0.25) is 0 Å². The monoisotopic (exact) mass is 288 g/mol. The summed E-state index contributed by atoms with van der Waals surface area (Å²) in [5.74, 6) is 0. The summed E-state index contributed by atoms with van der Waals surface area (Å²) in [6.07, 6.45) is 2.61. The van der Waals surface area contributed by atoms with Crippen LogP contribution in [-0.2, 0) is 13.0 Å². The number of benzene rings is 1. The molecule has 0 bridgehead atoms. The molecule has 1 unspecified atom stereocenters. The molecule has 0 spiro atoms. The molecule has 0 fully saturated rings. The Balaban J connectivity index is 1.77. The average Bonchev–Trinajstić information content (AvgIpc) is 2.87. The number of nitrogens with zero attached hydrogens (tertiary/aromatic N) is 2. The number of aryl methyl sites for hydroxylation is 2. The molecule has 1 aromatic heterocycles. The van der Waals surface area contributed by atoms with Crippen LogP contribution in [0.3, 0.4) is 0 Å². The zero-order chi connectivity index (χ0) is 14.1. The summed E-state index contributed by atoms with van der Waals surface area (Å²) in [6, 6.07) is 8.60. The van der Waals surface area contributed by atoms with Crippen LogP contribution in [0, 0.1) is 6.92 Å². The Kier molecular flexibility index (Phi) is 3.76. The van der Waals surface area contributed by atoms with Crippen molar-refractivity contribution in [2.24, 2.45) is 0 Å². The van der Waals surface area contributed by atoms with Crippen molar-refractivity contribution in [1.29, 1.82) is 0 Å². The van der Waals surface area contributed by atoms with Crippen LogP contribution in [0.25, 0.3) is 0 Å². The summed E-state index contributed by atoms with van der Waals surface area (Å²) in [5, 5.41) is 11.0. The fraction of sp³-hybridized carbons (Fsp3) is 0.438. The van der Waals surface area contributed by atoms with Crippen LogP contribution in [0.15, 0.2) is 24.3 Å². The zero-order valence-corrected chi connectivity index (χ0v) is 12.8. The van der Waals surface area contributed by atoms with Crippen molar-refractivity contribution in [3.05, 3.63) is 46.0 Å². The second-order valence-corrected chi connectivity index (χ2v) is 6.57. The Labute approximate surface area is 123 Å². The fourth-order valence-corrected chi connectivity index (χ4v) is 3.67. The molecular formula is C16H20N2OS. The van der Waals surface area contributed by atoms with Gasteiger partial charge >= 0.3 is 0 Å². The average molecular weight is 288 g/mol. The first-order chi connectivity index (χ1) is 9.63. The van der Waals surface area contributed by atoms with Gasteiger partial charge in [-0.3, -0.25) is 0 Å². The van der Waals surface area contributed by atoms with Gasteiger partial charge in [0.25, 0.3) is 0 Å². The van der Waals surface area contributed by atoms with Crippen molar-refractivity contribution in [2.75, 3.05) is 11.9 Å². The van der Waals surface area contributed by atoms with Crippen molar-refractivity contribution in [3.63, 3.8) is 0 Å². The molecule has 1 aliphatic carbocycles. The van der Waals surface area contributed by atoms with Crippen molar-refractivity contribution in [1.82, 2.24) is 4.98 Å². The van der Waals surface area contributed by atoms with Gasteiger partial charge in [0, 0.05) is 13.6 Å². The number of rotatable bonds is 3. The Morgan fingerprint density at radius 2 is 2.10 bits per heavy atom. The van der Waals surface area contributed by atoms with Gasteiger partial charge in [0.15, 0.2) is 5.13 Å². The quantitative estimate of drug-likeness (QED) is 0.939. The highest BCUT2D eigenvalue weighted by Gasteiger charge is 2.23. The van der Waals surface area contributed by atoms with E-state index in [1.165, 1.54) is 11.1 Å². The fourth-order valence-electron chi connectivity index (χ4n) is 2.58. The highest BCUT2D eigenvalue weighted by molar-refractivity contribution is 7.15. The number of anilines is 1. The van der Waals surface area contributed by atoms with Crippen molar-refractivity contribution >= 4 is 16.5 Å². The molecule has 2 aromatic rings. The zero-order valence-electron chi connectivity index (χ0n) is 12.0. The summed E-state index contributed by atoms with van der Waals surface area (Å²) in [5.41, 5.74) is 3.66. The summed E-state index contributed by atoms with van der Waals surface area (Å²) >= 11 is 1.64. The van der Waals surface area contributed by atoms with Crippen LogP contribution >= 0.6 is 11.3 Å². The minimum absolute atomic E-state index is 0.308. The highest BCUT2D eigenvalue weighted by atomic mass is 32.1. The minimum atomic E-state index is -0.308. The predicted octanol–water partition coefficient (Wildman–Crippen LogP) is 3.46. The highest BCUT2D eigenvalue weighted by Crippen LogP contribution is 2.37. The largest absolute Gasteiger partial charge is 0.388 e. The minimum Gasteiger partial charge on any atom is -0.388 e. The first-order valence-electron chi connectivity index (χ1n) is 7.08. The molecule has 0 radical (unpaired) electrons. The maximum absolute atomic E-state index is 10.0. The van der Waals surface area contributed by atoms with E-state index in [-0.39, 0.29) is 6.10 Å². The first-order valence-corrected chi connectivity index (χ1v) is 7.89. The maximum Gasteiger partial charge on any atom is 0.185 e. The van der Waals surface area contributed by atoms with Crippen LogP contribution in [-0.4, -0.2) is 17.1 Å². The van der Waals surface area contributed by atoms with Gasteiger partial charge in [-0.05, 0) is 31.7 Å². The van der Waals surface area contributed by atoms with Crippen molar-refractivity contribution in [3.8, 4) is 0 Å². The number of hydrogen-bond donors (Lipinski definition) is 1. The molecule has 20 heavy (non-hydrogen) atoms. The Hall–Kier alpha value is -1.39. The van der Waals surface area contributed by atoms with Crippen molar-refractivity contribution in [2.45, 2.75) is 38.8 Å². The summed E-state index contributed by atoms with van der Waals surface area (Å²) in [6.45, 7) is 2.95. The molecule has 3 rings (SSSR count). The third-order valence-electron chi connectivity index (χ3n) is 3.78. The van der Waals surface area contributed by atoms with E-state index in [1.54, 1.807) is 11.3 Å². The topological polar surface area (TPSA) is 36.4 Å². The lowest BCUT2D eigenvalue weighted by Gasteiger charge is -2.15. The summed E-state index contributed by atoms with van der Waals surface area (Å²) in [4.78, 5) is 7.94. The van der Waals surface area contributed by atoms with Gasteiger partial charge in [-0.25, -0.2) is 4.98 Å². The molecule has 3 nitrogen and oxygen atoms in total. The third-order valence-corrected chi connectivity index (χ3v) is 5.09. The first kappa shape index (κ1) is 13.6. The van der Waals surface area contributed by atoms with E-state index < -0.39 is 0 Å². The number of aromatic nitrogens is 1. The van der Waals surface area contributed by atoms with Gasteiger partial charge in [-0.2, -0.15) is 0 Å². The van der Waals surface area contributed by atoms with E-state index >= 15 is 0 Å². The lowest BCUT2D eigenvalue weighted by atomic mass is 10.0. The predicted molar refractivity (Wildman–Crippen MR) is 83.3 cm³/mol. The molecule has 0 saturated carbocycles. The molecule has 1 atom stereocenters. The molecule has 1 N–H and O–H groups in total. The molecule has 1 aromatic carbocycles. The number of aliphatic hydroxyl groups is 1. The SMILES string of the molecule is Cc1ccc(CN(C)c2nc3c(s2)C(O)CCC3)cc1. The van der Waals surface area contributed by atoms with Gasteiger partial charge in [0.05, 0.1) is 16.7 Å². The standard InChI is InChI=1S/C16H20N2OS/c1-11-6-8-12(9-7-11)10-18(2)16-17-13-4-3-5-14(19)15(13)20-16/h6-9,14,19H,3-5,10H2,1-2H3. The molecule has 0 amide bonds. The van der Waals surface area contributed by atoms with Gasteiger partial charge in [0.1, 0.15) is 0 Å². The van der Waals surface area contributed by atoms with E-state index in [4.69, 9.17) is 4.98 Å². The smallest absolute Gasteiger partial charge is 0.185 e. The molecule has 0 aliphatic heterocycles. The van der Waals surface area contributed by atoms with Gasteiger partial charge in [0.2, 0.25) is 0 Å². The summed E-state index contributed by atoms with van der Waals surface area (Å²) < 4.78 is 0. The third kappa shape index (κ3) is 2.72. The van der Waals surface area contributed by atoms with E-state index in [1.807, 2.05) is 0 Å². The van der Waals surface area contributed by atoms with Crippen molar-refractivity contribution < 1.29 is 5.11 Å². The number of fused-ring (bicyclic) bond motifs is 1. The Bertz CT molecular complexity index is 591. The maximum atomic E-state index is 10.0. The molecule has 4 heteroatoms. The van der Waals surface area contributed by atoms with Crippen LogP contribution in [0.5, 0.6) is 0 Å². The number of thiazole rings is 1. The van der Waals surface area contributed by atoms with E-state index in [0.717, 1.165) is 41.5 Å². The normalized spacial score (nSPS) is 17.9. The van der Waals surface area contributed by atoms with Gasteiger partial charge < -0.3 is 10.0 Å². The second kappa shape index (κ2) is 5.54. The van der Waals surface area contributed by atoms with Crippen LogP contribution < -0.4 is 4.90 Å². The molecule has 1 aliphatic rings. The lowest BCUT2D eigenvalue weighted by Crippen LogP contribution is -2.16. The molecule has 106 valence electrons.